The van der Waals surface area contributed by atoms with Crippen molar-refractivity contribution < 1.29 is 0 Å². The molecule has 19 heavy (non-hydrogen) atoms. The molecule has 0 amide bonds. The fraction of sp³-hybridized carbons (Fsp3) is 0.471. The molecule has 2 nitrogen and oxygen atoms in total. The predicted octanol–water partition coefficient (Wildman–Crippen LogP) is 3.97. The van der Waals surface area contributed by atoms with Gasteiger partial charge in [0.1, 0.15) is 0 Å². The first-order chi connectivity index (χ1) is 9.21. The van der Waals surface area contributed by atoms with Crippen molar-refractivity contribution in [3.8, 4) is 0 Å². The van der Waals surface area contributed by atoms with Crippen LogP contribution in [0.4, 0.5) is 0 Å². The lowest BCUT2D eigenvalue weighted by Crippen LogP contribution is -2.49. The van der Waals surface area contributed by atoms with Gasteiger partial charge in [0.05, 0.1) is 5.52 Å². The minimum atomic E-state index is 0.417. The summed E-state index contributed by atoms with van der Waals surface area (Å²) < 4.78 is 0. The average molecular weight is 254 g/mol. The number of rotatable bonds is 4. The molecule has 1 N–H and O–H groups in total. The molecule has 1 aliphatic rings. The van der Waals surface area contributed by atoms with Crippen LogP contribution in [0.3, 0.4) is 0 Å². The molecular weight excluding hydrogens is 232 g/mol. The van der Waals surface area contributed by atoms with Gasteiger partial charge in [-0.1, -0.05) is 19.1 Å². The summed E-state index contributed by atoms with van der Waals surface area (Å²) in [6.07, 6.45) is 5.28. The van der Waals surface area contributed by atoms with Crippen molar-refractivity contribution in [1.29, 1.82) is 0 Å². The van der Waals surface area contributed by atoms with Gasteiger partial charge in [-0.15, -0.1) is 0 Å². The van der Waals surface area contributed by atoms with Crippen molar-refractivity contribution >= 4 is 10.9 Å². The second kappa shape index (κ2) is 4.93. The number of aryl methyl sites for hydroxylation is 1. The third kappa shape index (κ3) is 2.50. The average Bonchev–Trinajstić information content (AvgIpc) is 2.38. The van der Waals surface area contributed by atoms with Crippen molar-refractivity contribution in [3.63, 3.8) is 0 Å². The monoisotopic (exact) mass is 254 g/mol. The van der Waals surface area contributed by atoms with E-state index in [0.717, 1.165) is 17.8 Å². The Morgan fingerprint density at radius 1 is 1.21 bits per heavy atom. The lowest BCUT2D eigenvalue weighted by Gasteiger charge is -2.42. The fourth-order valence-electron chi connectivity index (χ4n) is 2.94. The maximum Gasteiger partial charge on any atom is 0.0705 e. The molecule has 1 aromatic heterocycles. The van der Waals surface area contributed by atoms with E-state index in [4.69, 9.17) is 0 Å². The molecule has 2 heteroatoms. The van der Waals surface area contributed by atoms with Gasteiger partial charge in [0.15, 0.2) is 0 Å². The van der Waals surface area contributed by atoms with E-state index in [1.165, 1.54) is 36.6 Å². The van der Waals surface area contributed by atoms with Gasteiger partial charge in [-0.25, -0.2) is 0 Å². The number of hydrogen-bond acceptors (Lipinski definition) is 2. The van der Waals surface area contributed by atoms with E-state index in [1.807, 2.05) is 6.92 Å². The minimum Gasteiger partial charge on any atom is -0.307 e. The Kier molecular flexibility index (Phi) is 3.28. The van der Waals surface area contributed by atoms with Crippen LogP contribution in [-0.2, 0) is 6.54 Å². The highest BCUT2D eigenvalue weighted by molar-refractivity contribution is 5.79. The molecule has 0 bridgehead atoms. The van der Waals surface area contributed by atoms with E-state index in [0.29, 0.717) is 5.54 Å². The van der Waals surface area contributed by atoms with Gasteiger partial charge in [-0.2, -0.15) is 0 Å². The van der Waals surface area contributed by atoms with E-state index in [2.05, 4.69) is 47.6 Å². The molecule has 1 fully saturated rings. The van der Waals surface area contributed by atoms with Gasteiger partial charge < -0.3 is 5.32 Å². The van der Waals surface area contributed by atoms with Gasteiger partial charge in [-0.3, -0.25) is 4.98 Å². The zero-order chi connectivity index (χ0) is 13.3. The molecule has 0 saturated heterocycles. The van der Waals surface area contributed by atoms with E-state index in [1.54, 1.807) is 0 Å². The van der Waals surface area contributed by atoms with E-state index in [-0.39, 0.29) is 0 Å². The largest absolute Gasteiger partial charge is 0.307 e. The first-order valence-electron chi connectivity index (χ1n) is 7.32. The van der Waals surface area contributed by atoms with Crippen molar-refractivity contribution in [2.45, 2.75) is 51.6 Å². The molecular formula is C17H22N2. The number of fused-ring (bicyclic) bond motifs is 1. The standard InChI is InChI=1S/C17H22N2/c1-3-17(9-4-10-17)18-12-14-6-8-16-15(11-14)7-5-13(2)19-16/h5-8,11,18H,3-4,9-10,12H2,1-2H3. The first-order valence-corrected chi connectivity index (χ1v) is 7.32. The number of aromatic nitrogens is 1. The zero-order valence-electron chi connectivity index (χ0n) is 11.9. The molecule has 0 aliphatic heterocycles. The van der Waals surface area contributed by atoms with Crippen LogP contribution >= 0.6 is 0 Å². The smallest absolute Gasteiger partial charge is 0.0705 e. The van der Waals surface area contributed by atoms with Gasteiger partial charge in [-0.05, 0) is 56.4 Å². The third-order valence-corrected chi connectivity index (χ3v) is 4.55. The van der Waals surface area contributed by atoms with Crippen LogP contribution in [0.5, 0.6) is 0 Å². The Balaban J connectivity index is 1.76. The minimum absolute atomic E-state index is 0.417. The predicted molar refractivity (Wildman–Crippen MR) is 80.2 cm³/mol. The summed E-state index contributed by atoms with van der Waals surface area (Å²) in [5, 5.41) is 4.99. The SMILES string of the molecule is CCC1(NCc2ccc3nc(C)ccc3c2)CCC1. The molecule has 3 rings (SSSR count). The Morgan fingerprint density at radius 3 is 2.74 bits per heavy atom. The van der Waals surface area contributed by atoms with Crippen molar-refractivity contribution in [1.82, 2.24) is 10.3 Å². The number of nitrogens with one attached hydrogen (secondary N) is 1. The van der Waals surface area contributed by atoms with Crippen LogP contribution in [0.1, 0.15) is 43.9 Å². The van der Waals surface area contributed by atoms with Gasteiger partial charge in [0.2, 0.25) is 0 Å². The van der Waals surface area contributed by atoms with Crippen LogP contribution in [0.25, 0.3) is 10.9 Å². The van der Waals surface area contributed by atoms with Crippen LogP contribution < -0.4 is 5.32 Å². The Hall–Kier alpha value is -1.41. The summed E-state index contributed by atoms with van der Waals surface area (Å²) in [5.74, 6) is 0. The Morgan fingerprint density at radius 2 is 2.05 bits per heavy atom. The molecule has 0 unspecified atom stereocenters. The van der Waals surface area contributed by atoms with Crippen LogP contribution in [-0.4, -0.2) is 10.5 Å². The molecule has 1 aromatic carbocycles. The fourth-order valence-corrected chi connectivity index (χ4v) is 2.94. The van der Waals surface area contributed by atoms with Gasteiger partial charge in [0, 0.05) is 23.2 Å². The zero-order valence-corrected chi connectivity index (χ0v) is 11.9. The summed E-state index contributed by atoms with van der Waals surface area (Å²) in [7, 11) is 0. The molecule has 1 saturated carbocycles. The lowest BCUT2D eigenvalue weighted by molar-refractivity contribution is 0.175. The molecule has 2 aromatic rings. The van der Waals surface area contributed by atoms with Crippen LogP contribution in [0.2, 0.25) is 0 Å². The quantitative estimate of drug-likeness (QED) is 0.893. The maximum atomic E-state index is 4.55. The Bertz CT molecular complexity index is 579. The molecule has 0 spiro atoms. The molecule has 1 heterocycles. The summed E-state index contributed by atoms with van der Waals surface area (Å²) >= 11 is 0. The topological polar surface area (TPSA) is 24.9 Å². The Labute approximate surface area is 115 Å². The highest BCUT2D eigenvalue weighted by Gasteiger charge is 2.34. The van der Waals surface area contributed by atoms with Crippen LogP contribution in [0, 0.1) is 6.92 Å². The van der Waals surface area contributed by atoms with Crippen LogP contribution in [0.15, 0.2) is 30.3 Å². The lowest BCUT2D eigenvalue weighted by atomic mass is 9.75. The molecule has 0 radical (unpaired) electrons. The number of hydrogen-bond donors (Lipinski definition) is 1. The summed E-state index contributed by atoms with van der Waals surface area (Å²) in [4.78, 5) is 4.55. The second-order valence-electron chi connectivity index (χ2n) is 5.82. The number of nitrogens with zero attached hydrogens (tertiary/aromatic N) is 1. The summed E-state index contributed by atoms with van der Waals surface area (Å²) in [5.41, 5.74) is 3.95. The molecule has 0 atom stereocenters. The van der Waals surface area contributed by atoms with E-state index in [9.17, 15) is 0 Å². The number of benzene rings is 1. The highest BCUT2D eigenvalue weighted by Crippen LogP contribution is 2.34. The second-order valence-corrected chi connectivity index (χ2v) is 5.82. The summed E-state index contributed by atoms with van der Waals surface area (Å²) in [6, 6.07) is 10.8. The first kappa shape index (κ1) is 12.6. The van der Waals surface area contributed by atoms with Gasteiger partial charge in [0.25, 0.3) is 0 Å². The van der Waals surface area contributed by atoms with Crippen molar-refractivity contribution in [2.24, 2.45) is 0 Å². The summed E-state index contributed by atoms with van der Waals surface area (Å²) in [6.45, 7) is 5.30. The van der Waals surface area contributed by atoms with Crippen molar-refractivity contribution in [2.75, 3.05) is 0 Å². The highest BCUT2D eigenvalue weighted by atomic mass is 15.0. The molecule has 1 aliphatic carbocycles. The normalized spacial score (nSPS) is 17.4. The van der Waals surface area contributed by atoms with E-state index < -0.39 is 0 Å². The van der Waals surface area contributed by atoms with Gasteiger partial charge >= 0.3 is 0 Å². The maximum absolute atomic E-state index is 4.55. The third-order valence-electron chi connectivity index (χ3n) is 4.55. The van der Waals surface area contributed by atoms with Crippen molar-refractivity contribution in [3.05, 3.63) is 41.6 Å². The van der Waals surface area contributed by atoms with E-state index >= 15 is 0 Å². The molecule has 100 valence electrons. The number of pyridine rings is 1.